The number of hydrogen-bond acceptors (Lipinski definition) is 20. The summed E-state index contributed by atoms with van der Waals surface area (Å²) >= 11 is 0. The number of benzene rings is 2. The van der Waals surface area contributed by atoms with Crippen LogP contribution in [0.3, 0.4) is 0 Å². The van der Waals surface area contributed by atoms with Crippen LogP contribution in [-0.2, 0) is 40.7 Å². The lowest BCUT2D eigenvalue weighted by molar-refractivity contribution is 0.0947. The van der Waals surface area contributed by atoms with Crippen LogP contribution >= 0.6 is 0 Å². The molecule has 4 atom stereocenters. The highest BCUT2D eigenvalue weighted by atomic mass is 32.2. The first-order chi connectivity index (χ1) is 36.4. The number of pyridine rings is 2. The minimum atomic E-state index is -3.96. The molecule has 0 spiro atoms. The topological polar surface area (TPSA) is 262 Å². The first-order valence-electron chi connectivity index (χ1n) is 23.0. The highest BCUT2D eigenvalue weighted by molar-refractivity contribution is 7.91. The fourth-order valence-electron chi connectivity index (χ4n) is 7.79. The highest BCUT2D eigenvalue weighted by Gasteiger charge is 2.37. The van der Waals surface area contributed by atoms with Gasteiger partial charge in [-0.1, -0.05) is 24.3 Å². The van der Waals surface area contributed by atoms with Crippen molar-refractivity contribution in [3.05, 3.63) is 144 Å². The minimum absolute atomic E-state index is 0.0421. The van der Waals surface area contributed by atoms with Crippen molar-refractivity contribution in [2.45, 2.75) is 61.9 Å². The first-order valence-corrected chi connectivity index (χ1v) is 26.5. The number of halogens is 2. The second kappa shape index (κ2) is 24.2. The van der Waals surface area contributed by atoms with Gasteiger partial charge in [0, 0.05) is 51.1 Å². The summed E-state index contributed by atoms with van der Waals surface area (Å²) in [5.74, 6) is -1.02. The molecule has 0 saturated carbocycles. The van der Waals surface area contributed by atoms with Crippen molar-refractivity contribution in [2.24, 2.45) is 0 Å². The summed E-state index contributed by atoms with van der Waals surface area (Å²) in [4.78, 5) is 25.7. The molecule has 6 heterocycles. The molecular formula is C50H54F2N12O10S2. The Labute approximate surface area is 437 Å². The Hall–Kier alpha value is -7.94. The Morgan fingerprint density at radius 3 is 1.18 bits per heavy atom. The van der Waals surface area contributed by atoms with Crippen LogP contribution in [0.25, 0.3) is 34.4 Å². The Balaban J connectivity index is 0.000000221. The van der Waals surface area contributed by atoms with Crippen molar-refractivity contribution in [3.63, 3.8) is 0 Å². The quantitative estimate of drug-likeness (QED) is 0.0783. The number of aryl methyl sites for hydroxylation is 2. The minimum Gasteiger partial charge on any atom is -0.494 e. The lowest BCUT2D eigenvalue weighted by Gasteiger charge is -2.22. The van der Waals surface area contributed by atoms with E-state index in [4.69, 9.17) is 28.4 Å². The van der Waals surface area contributed by atoms with Gasteiger partial charge in [-0.25, -0.2) is 55.5 Å². The standard InChI is InChI=1S/2C25H27FN6O5S/c2*1-15-12-27-24(28-13-15)23(37-5)16(2)38(33,34)14-20-30-31-25(18-9-7-11-21(29-18)36-4)32(20)22-17(26)8-6-10-19(22)35-3/h2*6-13,16,23H,14H2,1-5H3/t2*16-,23-/m00/s1. The largest absolute Gasteiger partial charge is 0.494 e. The van der Waals surface area contributed by atoms with Gasteiger partial charge < -0.3 is 28.4 Å². The summed E-state index contributed by atoms with van der Waals surface area (Å²) < 4.78 is 120. The molecule has 8 rings (SSSR count). The summed E-state index contributed by atoms with van der Waals surface area (Å²) in [6.45, 7) is 6.65. The fourth-order valence-corrected chi connectivity index (χ4v) is 10.6. The smallest absolute Gasteiger partial charge is 0.213 e. The van der Waals surface area contributed by atoms with E-state index in [2.05, 4.69) is 50.3 Å². The summed E-state index contributed by atoms with van der Waals surface area (Å²) in [5, 5.41) is 14.5. The number of aromatic nitrogens is 12. The van der Waals surface area contributed by atoms with E-state index in [0.717, 1.165) is 11.1 Å². The zero-order valence-electron chi connectivity index (χ0n) is 43.0. The molecule has 0 unspecified atom stereocenters. The van der Waals surface area contributed by atoms with Gasteiger partial charge in [0.05, 0.1) is 38.9 Å². The molecule has 0 radical (unpaired) electrons. The maximum atomic E-state index is 15.3. The third kappa shape index (κ3) is 12.1. The third-order valence-electron chi connectivity index (χ3n) is 11.8. The first kappa shape index (κ1) is 55.8. The van der Waals surface area contributed by atoms with E-state index in [1.807, 2.05) is 13.8 Å². The van der Waals surface area contributed by atoms with Crippen molar-refractivity contribution in [1.29, 1.82) is 0 Å². The number of methoxy groups -OCH3 is 6. The molecule has 22 nitrogen and oxygen atoms in total. The Kier molecular flexibility index (Phi) is 17.7. The maximum Gasteiger partial charge on any atom is 0.213 e. The van der Waals surface area contributed by atoms with Gasteiger partial charge >= 0.3 is 0 Å². The van der Waals surface area contributed by atoms with Crippen molar-refractivity contribution in [3.8, 4) is 57.7 Å². The average Bonchev–Trinajstić information content (AvgIpc) is 4.02. The van der Waals surface area contributed by atoms with E-state index in [1.54, 1.807) is 73.3 Å². The average molecular weight is 1090 g/mol. The van der Waals surface area contributed by atoms with Crippen LogP contribution in [0.4, 0.5) is 8.78 Å². The lowest BCUT2D eigenvalue weighted by Crippen LogP contribution is -2.30. The summed E-state index contributed by atoms with van der Waals surface area (Å²) in [5.41, 5.74) is 2.13. The van der Waals surface area contributed by atoms with E-state index in [-0.39, 0.29) is 57.8 Å². The van der Waals surface area contributed by atoms with Crippen molar-refractivity contribution in [2.75, 3.05) is 42.7 Å². The van der Waals surface area contributed by atoms with E-state index in [0.29, 0.717) is 23.1 Å². The monoisotopic (exact) mass is 1080 g/mol. The second-order valence-electron chi connectivity index (χ2n) is 16.8. The summed E-state index contributed by atoms with van der Waals surface area (Å²) in [6, 6.07) is 18.4. The molecule has 0 aliphatic rings. The fraction of sp³-hybridized carbons (Fsp3) is 0.320. The number of rotatable bonds is 20. The van der Waals surface area contributed by atoms with Gasteiger partial charge in [-0.15, -0.1) is 20.4 Å². The molecule has 0 aliphatic heterocycles. The molecule has 0 saturated heterocycles. The Bertz CT molecular complexity index is 3290. The van der Waals surface area contributed by atoms with E-state index in [1.165, 1.54) is 89.9 Å². The Morgan fingerprint density at radius 2 is 0.855 bits per heavy atom. The molecule has 0 amide bonds. The van der Waals surface area contributed by atoms with Crippen LogP contribution in [0.2, 0.25) is 0 Å². The second-order valence-corrected chi connectivity index (χ2v) is 21.6. The molecule has 0 fully saturated rings. The number of ether oxygens (including phenoxy) is 6. The predicted octanol–water partition coefficient (Wildman–Crippen LogP) is 6.55. The molecule has 26 heteroatoms. The van der Waals surface area contributed by atoms with Gasteiger partial charge in [-0.3, -0.25) is 9.13 Å². The molecular weight excluding hydrogens is 1030 g/mol. The summed E-state index contributed by atoms with van der Waals surface area (Å²) in [7, 11) is 0.533. The number of sulfone groups is 2. The van der Waals surface area contributed by atoms with Crippen LogP contribution in [0.1, 0.15) is 60.5 Å². The maximum absolute atomic E-state index is 15.3. The van der Waals surface area contributed by atoms with Gasteiger partial charge in [-0.2, -0.15) is 0 Å². The van der Waals surface area contributed by atoms with Crippen LogP contribution in [0.15, 0.2) is 97.6 Å². The van der Waals surface area contributed by atoms with Gasteiger partial charge in [0.1, 0.15) is 58.0 Å². The zero-order chi connectivity index (χ0) is 54.9. The molecule has 76 heavy (non-hydrogen) atoms. The number of nitrogens with zero attached hydrogens (tertiary/aromatic N) is 12. The zero-order valence-corrected chi connectivity index (χ0v) is 44.6. The van der Waals surface area contributed by atoms with Crippen LogP contribution < -0.4 is 18.9 Å². The molecule has 0 aliphatic carbocycles. The van der Waals surface area contributed by atoms with Crippen molar-refractivity contribution >= 4 is 19.7 Å². The summed E-state index contributed by atoms with van der Waals surface area (Å²) in [6.07, 6.45) is 4.45. The van der Waals surface area contributed by atoms with E-state index < -0.39 is 65.5 Å². The van der Waals surface area contributed by atoms with Gasteiger partial charge in [0.2, 0.25) is 11.8 Å². The number of hydrogen-bond donors (Lipinski definition) is 0. The predicted molar refractivity (Wildman–Crippen MR) is 273 cm³/mol. The highest BCUT2D eigenvalue weighted by Crippen LogP contribution is 2.35. The van der Waals surface area contributed by atoms with E-state index in [9.17, 15) is 16.8 Å². The van der Waals surface area contributed by atoms with Crippen LogP contribution in [0.5, 0.6) is 23.3 Å². The molecule has 6 aromatic heterocycles. The molecule has 0 N–H and O–H groups in total. The lowest BCUT2D eigenvalue weighted by atomic mass is 10.2. The normalized spacial score (nSPS) is 13.2. The number of para-hydroxylation sites is 2. The van der Waals surface area contributed by atoms with Crippen LogP contribution in [-0.4, -0.2) is 129 Å². The molecule has 8 aromatic rings. The van der Waals surface area contributed by atoms with E-state index >= 15 is 8.78 Å². The molecule has 400 valence electrons. The molecule has 2 aromatic carbocycles. The third-order valence-corrected chi connectivity index (χ3v) is 15.9. The van der Waals surface area contributed by atoms with Gasteiger partial charge in [0.25, 0.3) is 0 Å². The molecule has 0 bridgehead atoms. The van der Waals surface area contributed by atoms with Crippen LogP contribution in [0, 0.1) is 25.5 Å². The Morgan fingerprint density at radius 1 is 0.500 bits per heavy atom. The SMILES string of the molecule is COc1cccc(-c2nnc(CS(=O)(=O)[C@@H](C)[C@H](OC)c3ncc(C)cn3)n2-c2c(F)cccc2OC)n1.COc1cccc(-c2nnc(CS(=O)(=O)[C@@H](C)[C@H](OC)c3ncc(C)cn3)n2-c2c(F)cccc2OC)n1. The van der Waals surface area contributed by atoms with Crippen molar-refractivity contribution in [1.82, 2.24) is 59.4 Å². The van der Waals surface area contributed by atoms with Gasteiger partial charge in [-0.05, 0) is 75.2 Å². The van der Waals surface area contributed by atoms with Crippen molar-refractivity contribution < 1.29 is 54.0 Å². The van der Waals surface area contributed by atoms with Gasteiger partial charge in [0.15, 0.2) is 66.3 Å².